The predicted molar refractivity (Wildman–Crippen MR) is 101 cm³/mol. The Morgan fingerprint density at radius 1 is 1.11 bits per heavy atom. The number of rotatable bonds is 5. The van der Waals surface area contributed by atoms with E-state index in [-0.39, 0.29) is 5.91 Å². The monoisotopic (exact) mass is 385 g/mol. The van der Waals surface area contributed by atoms with Crippen LogP contribution in [0.3, 0.4) is 0 Å². The summed E-state index contributed by atoms with van der Waals surface area (Å²) in [6.45, 7) is 1.71. The van der Waals surface area contributed by atoms with Crippen LogP contribution in [-0.4, -0.2) is 15.7 Å². The maximum absolute atomic E-state index is 12.6. The van der Waals surface area contributed by atoms with Gasteiger partial charge in [0.2, 0.25) is 5.91 Å². The van der Waals surface area contributed by atoms with E-state index in [1.807, 2.05) is 30.3 Å². The smallest absolute Gasteiger partial charge is 0.346 e. The fourth-order valence-corrected chi connectivity index (χ4v) is 2.62. The van der Waals surface area contributed by atoms with E-state index in [0.717, 1.165) is 23.4 Å². The number of carbonyl (C=O) groups is 1. The van der Waals surface area contributed by atoms with E-state index in [2.05, 4.69) is 10.4 Å². The Labute approximate surface area is 160 Å². The van der Waals surface area contributed by atoms with E-state index in [9.17, 15) is 18.0 Å². The summed E-state index contributed by atoms with van der Waals surface area (Å²) >= 11 is 0. The van der Waals surface area contributed by atoms with Gasteiger partial charge in [0.05, 0.1) is 23.5 Å². The molecule has 0 aliphatic carbocycles. The first-order valence-electron chi connectivity index (χ1n) is 8.59. The van der Waals surface area contributed by atoms with Gasteiger partial charge in [-0.3, -0.25) is 4.79 Å². The van der Waals surface area contributed by atoms with Gasteiger partial charge < -0.3 is 5.32 Å². The molecule has 1 atom stereocenters. The Bertz CT molecular complexity index is 961. The van der Waals surface area contributed by atoms with Gasteiger partial charge in [0.15, 0.2) is 0 Å². The molecule has 0 spiro atoms. The number of hydrogen-bond acceptors (Lipinski definition) is 2. The number of hydrogen-bond donors (Lipinski definition) is 1. The maximum atomic E-state index is 12.6. The van der Waals surface area contributed by atoms with Crippen molar-refractivity contribution in [2.75, 3.05) is 0 Å². The van der Waals surface area contributed by atoms with Crippen molar-refractivity contribution in [3.8, 4) is 5.69 Å². The van der Waals surface area contributed by atoms with Crippen molar-refractivity contribution >= 4 is 12.0 Å². The molecule has 0 aliphatic rings. The van der Waals surface area contributed by atoms with E-state index in [1.165, 1.54) is 18.2 Å². The third kappa shape index (κ3) is 4.88. The molecule has 0 fully saturated rings. The number of alkyl halides is 3. The molecule has 3 rings (SSSR count). The molecule has 0 aliphatic heterocycles. The highest BCUT2D eigenvalue weighted by molar-refractivity contribution is 5.91. The van der Waals surface area contributed by atoms with Crippen molar-refractivity contribution in [1.29, 1.82) is 0 Å². The van der Waals surface area contributed by atoms with Crippen LogP contribution in [0.15, 0.2) is 73.1 Å². The first kappa shape index (κ1) is 19.4. The van der Waals surface area contributed by atoms with Crippen LogP contribution in [-0.2, 0) is 11.0 Å². The van der Waals surface area contributed by atoms with Gasteiger partial charge in [0.25, 0.3) is 0 Å². The lowest BCUT2D eigenvalue weighted by molar-refractivity contribution is -0.137. The average Bonchev–Trinajstić information content (AvgIpc) is 3.15. The molecule has 7 heteroatoms. The average molecular weight is 385 g/mol. The lowest BCUT2D eigenvalue weighted by Crippen LogP contribution is -2.24. The summed E-state index contributed by atoms with van der Waals surface area (Å²) in [6.07, 6.45) is 2.04. The molecule has 3 aromatic rings. The molecule has 1 N–H and O–H groups in total. The van der Waals surface area contributed by atoms with Crippen LogP contribution < -0.4 is 5.32 Å². The molecule has 0 unspecified atom stereocenters. The van der Waals surface area contributed by atoms with Gasteiger partial charge in [-0.05, 0) is 42.8 Å². The lowest BCUT2D eigenvalue weighted by Gasteiger charge is -2.14. The molecule has 0 saturated heterocycles. The van der Waals surface area contributed by atoms with E-state index < -0.39 is 17.8 Å². The molecule has 4 nitrogen and oxygen atoms in total. The number of aromatic nitrogens is 2. The lowest BCUT2D eigenvalue weighted by atomic mass is 10.1. The molecule has 1 aromatic heterocycles. The normalized spacial score (nSPS) is 12.9. The zero-order valence-corrected chi connectivity index (χ0v) is 15.0. The zero-order valence-electron chi connectivity index (χ0n) is 15.0. The van der Waals surface area contributed by atoms with Gasteiger partial charge >= 0.3 is 6.18 Å². The summed E-state index contributed by atoms with van der Waals surface area (Å²) < 4.78 is 39.5. The predicted octanol–water partition coefficient (Wildman–Crippen LogP) is 4.78. The standard InChI is InChI=1S/C21H18F3N3O/c1-15(17-8-10-18(11-9-17)21(22,23)24)26-20(28)12-7-16-13-25-27(14-16)19-5-3-2-4-6-19/h2-15H,1H3,(H,26,28)/b12-7+/t15-/m1/s1. The van der Waals surface area contributed by atoms with Crippen LogP contribution in [0.1, 0.15) is 29.7 Å². The number of carbonyl (C=O) groups excluding carboxylic acids is 1. The van der Waals surface area contributed by atoms with Crippen molar-refractivity contribution in [2.24, 2.45) is 0 Å². The molecule has 28 heavy (non-hydrogen) atoms. The summed E-state index contributed by atoms with van der Waals surface area (Å²) in [7, 11) is 0. The highest BCUT2D eigenvalue weighted by Crippen LogP contribution is 2.29. The van der Waals surface area contributed by atoms with Gasteiger partial charge in [0.1, 0.15) is 0 Å². The molecule has 0 radical (unpaired) electrons. The molecule has 144 valence electrons. The summed E-state index contributed by atoms with van der Waals surface area (Å²) in [5, 5.41) is 6.97. The summed E-state index contributed by atoms with van der Waals surface area (Å²) in [5.41, 5.74) is 1.53. The molecule has 0 bridgehead atoms. The van der Waals surface area contributed by atoms with Crippen LogP contribution in [0.25, 0.3) is 11.8 Å². The molecule has 2 aromatic carbocycles. The van der Waals surface area contributed by atoms with Gasteiger partial charge in [-0.25, -0.2) is 4.68 Å². The van der Waals surface area contributed by atoms with Crippen molar-refractivity contribution in [1.82, 2.24) is 15.1 Å². The second kappa shape index (κ2) is 8.12. The third-order valence-corrected chi connectivity index (χ3v) is 4.15. The Hall–Kier alpha value is -3.35. The second-order valence-corrected chi connectivity index (χ2v) is 6.24. The maximum Gasteiger partial charge on any atom is 0.416 e. The van der Waals surface area contributed by atoms with Gasteiger partial charge in [0, 0.05) is 17.8 Å². The minimum Gasteiger partial charge on any atom is -0.346 e. The Morgan fingerprint density at radius 3 is 2.43 bits per heavy atom. The summed E-state index contributed by atoms with van der Waals surface area (Å²) in [6, 6.07) is 13.9. The number of amides is 1. The Kier molecular flexibility index (Phi) is 5.63. The van der Waals surface area contributed by atoms with Crippen molar-refractivity contribution in [2.45, 2.75) is 19.1 Å². The van der Waals surface area contributed by atoms with Crippen LogP contribution in [0.4, 0.5) is 13.2 Å². The number of benzene rings is 2. The van der Waals surface area contributed by atoms with Gasteiger partial charge in [-0.1, -0.05) is 30.3 Å². The SMILES string of the molecule is C[C@@H](NC(=O)/C=C/c1cnn(-c2ccccc2)c1)c1ccc(C(F)(F)F)cc1. The number of nitrogens with one attached hydrogen (secondary N) is 1. The zero-order chi connectivity index (χ0) is 20.1. The number of para-hydroxylation sites is 1. The van der Waals surface area contributed by atoms with E-state index in [1.54, 1.807) is 30.1 Å². The highest BCUT2D eigenvalue weighted by atomic mass is 19.4. The first-order chi connectivity index (χ1) is 13.3. The molecule has 0 saturated carbocycles. The summed E-state index contributed by atoms with van der Waals surface area (Å²) in [4.78, 5) is 12.1. The van der Waals surface area contributed by atoms with E-state index in [4.69, 9.17) is 0 Å². The Balaban J connectivity index is 1.60. The van der Waals surface area contributed by atoms with Crippen LogP contribution in [0, 0.1) is 0 Å². The van der Waals surface area contributed by atoms with Crippen LogP contribution in [0.2, 0.25) is 0 Å². The fraction of sp³-hybridized carbons (Fsp3) is 0.143. The summed E-state index contributed by atoms with van der Waals surface area (Å²) in [5.74, 6) is -0.347. The van der Waals surface area contributed by atoms with E-state index in [0.29, 0.717) is 5.56 Å². The largest absolute Gasteiger partial charge is 0.416 e. The minimum atomic E-state index is -4.38. The Morgan fingerprint density at radius 2 is 1.79 bits per heavy atom. The number of halogens is 3. The quantitative estimate of drug-likeness (QED) is 0.643. The molecule has 1 heterocycles. The third-order valence-electron chi connectivity index (χ3n) is 4.15. The van der Waals surface area contributed by atoms with Gasteiger partial charge in [-0.2, -0.15) is 18.3 Å². The van der Waals surface area contributed by atoms with Crippen molar-refractivity contribution in [3.63, 3.8) is 0 Å². The second-order valence-electron chi connectivity index (χ2n) is 6.24. The van der Waals surface area contributed by atoms with Crippen LogP contribution in [0.5, 0.6) is 0 Å². The first-order valence-corrected chi connectivity index (χ1v) is 8.59. The molecular formula is C21H18F3N3O. The van der Waals surface area contributed by atoms with Crippen molar-refractivity contribution in [3.05, 3.63) is 89.8 Å². The molecular weight excluding hydrogens is 367 g/mol. The highest BCUT2D eigenvalue weighted by Gasteiger charge is 2.30. The van der Waals surface area contributed by atoms with Crippen LogP contribution >= 0.6 is 0 Å². The topological polar surface area (TPSA) is 46.9 Å². The number of nitrogens with zero attached hydrogens (tertiary/aromatic N) is 2. The molecule has 1 amide bonds. The fourth-order valence-electron chi connectivity index (χ4n) is 2.62. The van der Waals surface area contributed by atoms with E-state index >= 15 is 0 Å². The van der Waals surface area contributed by atoms with Gasteiger partial charge in [-0.15, -0.1) is 0 Å². The van der Waals surface area contributed by atoms with Crippen molar-refractivity contribution < 1.29 is 18.0 Å². The minimum absolute atomic E-state index is 0.347.